The van der Waals surface area contributed by atoms with Gasteiger partial charge in [0.1, 0.15) is 6.29 Å². The Hall–Kier alpha value is -2.10. The van der Waals surface area contributed by atoms with Crippen molar-refractivity contribution in [3.8, 4) is 0 Å². The van der Waals surface area contributed by atoms with Gasteiger partial charge in [0.05, 0.1) is 0 Å². The van der Waals surface area contributed by atoms with Gasteiger partial charge < -0.3 is 11.1 Å². The first kappa shape index (κ1) is 25.2. The molecule has 0 heterocycles. The van der Waals surface area contributed by atoms with E-state index in [1.165, 1.54) is 56.1 Å². The first-order chi connectivity index (χ1) is 17.5. The lowest BCUT2D eigenvalue weighted by Crippen LogP contribution is -2.64. The molecule has 5 aliphatic rings. The monoisotopic (exact) mass is 502 g/mol. The molecule has 2 amide bonds. The van der Waals surface area contributed by atoms with Gasteiger partial charge in [-0.2, -0.15) is 0 Å². The number of nitrogens with one attached hydrogen (secondary N) is 1. The van der Waals surface area contributed by atoms with Gasteiger partial charge in [-0.15, -0.1) is 0 Å². The van der Waals surface area contributed by atoms with E-state index in [1.54, 1.807) is 0 Å². The SMILES string of the molecule is CC1(C)C(c2ccc(C=O)cc2)=CCC2(C)C1CCC1(C)C3CCC4(NC(N)=O)CCCC4C3CCC12. The van der Waals surface area contributed by atoms with E-state index in [-0.39, 0.29) is 17.0 Å². The van der Waals surface area contributed by atoms with Crippen molar-refractivity contribution in [3.05, 3.63) is 41.5 Å². The number of carbonyl (C=O) groups excluding carboxylic acids is 2. The molecule has 0 saturated heterocycles. The minimum atomic E-state index is -0.328. The summed E-state index contributed by atoms with van der Waals surface area (Å²) in [6.45, 7) is 10.2. The molecule has 4 nitrogen and oxygen atoms in total. The second kappa shape index (κ2) is 8.45. The van der Waals surface area contributed by atoms with Crippen molar-refractivity contribution in [3.63, 3.8) is 0 Å². The van der Waals surface area contributed by atoms with Crippen LogP contribution < -0.4 is 11.1 Å². The van der Waals surface area contributed by atoms with Gasteiger partial charge in [-0.1, -0.05) is 64.5 Å². The number of urea groups is 1. The maximum atomic E-state index is 12.0. The molecule has 4 fully saturated rings. The Bertz CT molecular complexity index is 1120. The average Bonchev–Trinajstić information content (AvgIpc) is 3.27. The summed E-state index contributed by atoms with van der Waals surface area (Å²) in [6.07, 6.45) is 15.8. The van der Waals surface area contributed by atoms with Crippen LogP contribution in [0.4, 0.5) is 4.79 Å². The number of hydrogen-bond donors (Lipinski definition) is 2. The Kier molecular flexibility index (Phi) is 5.75. The van der Waals surface area contributed by atoms with Crippen LogP contribution in [-0.4, -0.2) is 17.9 Å². The van der Waals surface area contributed by atoms with E-state index in [4.69, 9.17) is 5.73 Å². The zero-order chi connectivity index (χ0) is 26.2. The number of fused-ring (bicyclic) bond motifs is 7. The molecule has 0 aliphatic heterocycles. The van der Waals surface area contributed by atoms with Crippen molar-refractivity contribution in [1.29, 1.82) is 0 Å². The van der Waals surface area contributed by atoms with E-state index in [0.29, 0.717) is 22.7 Å². The first-order valence-corrected chi connectivity index (χ1v) is 14.9. The third-order valence-corrected chi connectivity index (χ3v) is 12.8. The van der Waals surface area contributed by atoms with Crippen molar-refractivity contribution in [2.24, 2.45) is 51.6 Å². The minimum Gasteiger partial charge on any atom is -0.352 e. The number of aldehydes is 1. The van der Waals surface area contributed by atoms with E-state index in [9.17, 15) is 9.59 Å². The molecule has 0 aromatic heterocycles. The van der Waals surface area contributed by atoms with Crippen molar-refractivity contribution in [2.45, 2.75) is 97.4 Å². The maximum Gasteiger partial charge on any atom is 0.312 e. The van der Waals surface area contributed by atoms with Gasteiger partial charge in [-0.25, -0.2) is 4.79 Å². The molecule has 1 aromatic rings. The molecule has 0 spiro atoms. The summed E-state index contributed by atoms with van der Waals surface area (Å²) in [5, 5.41) is 3.28. The van der Waals surface area contributed by atoms with E-state index in [0.717, 1.165) is 48.9 Å². The van der Waals surface area contributed by atoms with E-state index in [2.05, 4.69) is 51.2 Å². The largest absolute Gasteiger partial charge is 0.352 e. The van der Waals surface area contributed by atoms with Crippen LogP contribution in [0.3, 0.4) is 0 Å². The number of carbonyl (C=O) groups is 2. The fourth-order valence-electron chi connectivity index (χ4n) is 11.5. The molecule has 0 bridgehead atoms. The summed E-state index contributed by atoms with van der Waals surface area (Å²) < 4.78 is 0. The van der Waals surface area contributed by atoms with Gasteiger partial charge >= 0.3 is 6.03 Å². The van der Waals surface area contributed by atoms with Gasteiger partial charge in [0.15, 0.2) is 0 Å². The number of hydrogen-bond acceptors (Lipinski definition) is 2. The highest BCUT2D eigenvalue weighted by atomic mass is 16.2. The molecule has 4 saturated carbocycles. The lowest BCUT2D eigenvalue weighted by molar-refractivity contribution is -0.172. The fraction of sp³-hybridized carbons (Fsp3) is 0.697. The molecular weight excluding hydrogens is 456 g/mol. The molecule has 8 atom stereocenters. The highest BCUT2D eigenvalue weighted by Crippen LogP contribution is 2.72. The molecule has 5 aliphatic carbocycles. The second-order valence-electron chi connectivity index (χ2n) is 14.5. The Balaban J connectivity index is 1.31. The summed E-state index contributed by atoms with van der Waals surface area (Å²) in [6, 6.07) is 7.89. The standard InChI is InChI=1S/C33H46N2O2/c1-30(2)24(22-9-7-21(20-36)8-10-22)13-17-32(4)27(30)15-18-31(3)25-14-19-33(35-29(34)37)16-5-6-26(33)23(25)11-12-28(31)32/h7-10,13,20,23,25-28H,5-6,11-12,14-19H2,1-4H3,(H3,34,35,37). The average molecular weight is 503 g/mol. The summed E-state index contributed by atoms with van der Waals surface area (Å²) in [5.74, 6) is 3.49. The lowest BCUT2D eigenvalue weighted by Gasteiger charge is -2.68. The second-order valence-corrected chi connectivity index (χ2v) is 14.5. The highest BCUT2D eigenvalue weighted by Gasteiger charge is 2.65. The third kappa shape index (κ3) is 3.53. The van der Waals surface area contributed by atoms with Crippen molar-refractivity contribution in [2.75, 3.05) is 0 Å². The van der Waals surface area contributed by atoms with Gasteiger partial charge in [0, 0.05) is 11.1 Å². The van der Waals surface area contributed by atoms with Crippen LogP contribution in [0.15, 0.2) is 30.3 Å². The van der Waals surface area contributed by atoms with Crippen LogP contribution in [0.5, 0.6) is 0 Å². The van der Waals surface area contributed by atoms with Crippen molar-refractivity contribution in [1.82, 2.24) is 5.32 Å². The molecule has 3 N–H and O–H groups in total. The van der Waals surface area contributed by atoms with Crippen LogP contribution in [0, 0.1) is 45.8 Å². The van der Waals surface area contributed by atoms with Crippen molar-refractivity contribution >= 4 is 17.9 Å². The Labute approximate surface area is 223 Å². The molecule has 200 valence electrons. The van der Waals surface area contributed by atoms with E-state index in [1.807, 2.05) is 12.1 Å². The fourth-order valence-corrected chi connectivity index (χ4v) is 11.5. The Morgan fingerprint density at radius 3 is 2.35 bits per heavy atom. The van der Waals surface area contributed by atoms with E-state index >= 15 is 0 Å². The molecular formula is C33H46N2O2. The molecule has 37 heavy (non-hydrogen) atoms. The van der Waals surface area contributed by atoms with Crippen LogP contribution in [0.1, 0.15) is 108 Å². The van der Waals surface area contributed by atoms with Gasteiger partial charge in [0.25, 0.3) is 0 Å². The smallest absolute Gasteiger partial charge is 0.312 e. The predicted molar refractivity (Wildman–Crippen MR) is 149 cm³/mol. The van der Waals surface area contributed by atoms with Crippen LogP contribution in [0.25, 0.3) is 5.57 Å². The number of amides is 2. The third-order valence-electron chi connectivity index (χ3n) is 12.8. The quantitative estimate of drug-likeness (QED) is 0.423. The zero-order valence-corrected chi connectivity index (χ0v) is 23.3. The number of nitrogens with two attached hydrogens (primary N) is 1. The lowest BCUT2D eigenvalue weighted by atomic mass is 9.37. The number of rotatable bonds is 3. The van der Waals surface area contributed by atoms with Gasteiger partial charge in [0.2, 0.25) is 0 Å². The van der Waals surface area contributed by atoms with E-state index < -0.39 is 0 Å². The highest BCUT2D eigenvalue weighted by molar-refractivity contribution is 5.78. The molecule has 6 rings (SSSR count). The van der Waals surface area contributed by atoms with Crippen molar-refractivity contribution < 1.29 is 9.59 Å². The summed E-state index contributed by atoms with van der Waals surface area (Å²) >= 11 is 0. The number of allylic oxidation sites excluding steroid dienone is 2. The molecule has 0 radical (unpaired) electrons. The zero-order valence-electron chi connectivity index (χ0n) is 23.3. The first-order valence-electron chi connectivity index (χ1n) is 14.9. The molecule has 1 aromatic carbocycles. The number of benzene rings is 1. The topological polar surface area (TPSA) is 72.2 Å². The Morgan fingerprint density at radius 1 is 0.892 bits per heavy atom. The predicted octanol–water partition coefficient (Wildman–Crippen LogP) is 7.38. The summed E-state index contributed by atoms with van der Waals surface area (Å²) in [4.78, 5) is 23.2. The summed E-state index contributed by atoms with van der Waals surface area (Å²) in [5.41, 5.74) is 9.93. The maximum absolute atomic E-state index is 12.0. The normalized spacial score (nSPS) is 43.9. The van der Waals surface area contributed by atoms with Crippen LogP contribution in [0.2, 0.25) is 0 Å². The molecule has 8 unspecified atom stereocenters. The van der Waals surface area contributed by atoms with Gasteiger partial charge in [-0.3, -0.25) is 4.79 Å². The Morgan fingerprint density at radius 2 is 1.65 bits per heavy atom. The minimum absolute atomic E-state index is 0.0405. The number of primary amides is 1. The van der Waals surface area contributed by atoms with Gasteiger partial charge in [-0.05, 0) is 115 Å². The van der Waals surface area contributed by atoms with Crippen LogP contribution in [-0.2, 0) is 0 Å². The van der Waals surface area contributed by atoms with Crippen LogP contribution >= 0.6 is 0 Å². The molecule has 4 heteroatoms. The summed E-state index contributed by atoms with van der Waals surface area (Å²) in [7, 11) is 0.